The minimum Gasteiger partial charge on any atom is -0.342 e. The number of nitrogens with one attached hydrogen (secondary N) is 2. The predicted molar refractivity (Wildman–Crippen MR) is 109 cm³/mol. The van der Waals surface area contributed by atoms with E-state index < -0.39 is 11.8 Å². The molecule has 0 radical (unpaired) electrons. The fraction of sp³-hybridized carbons (Fsp3) is 0.0588. The summed E-state index contributed by atoms with van der Waals surface area (Å²) in [5.41, 5.74) is 1.18. The van der Waals surface area contributed by atoms with E-state index in [-0.39, 0.29) is 32.5 Å². The lowest BCUT2D eigenvalue weighted by molar-refractivity contribution is -0.115. The van der Waals surface area contributed by atoms with Gasteiger partial charge in [-0.1, -0.05) is 46.4 Å². The largest absolute Gasteiger partial charge is 0.342 e. The van der Waals surface area contributed by atoms with Crippen molar-refractivity contribution in [3.63, 3.8) is 0 Å². The van der Waals surface area contributed by atoms with Crippen LogP contribution in [0.25, 0.3) is 5.69 Å². The molecule has 2 amide bonds. The summed E-state index contributed by atoms with van der Waals surface area (Å²) in [6.07, 6.45) is 3.47. The Balaban J connectivity index is 1.59. The first kappa shape index (κ1) is 20.4. The number of rotatable bonds is 5. The third kappa shape index (κ3) is 4.56. The van der Waals surface area contributed by atoms with Crippen molar-refractivity contribution in [3.05, 3.63) is 68.6 Å². The molecule has 0 bridgehead atoms. The predicted octanol–water partition coefficient (Wildman–Crippen LogP) is 4.25. The van der Waals surface area contributed by atoms with E-state index in [0.29, 0.717) is 5.69 Å². The normalized spacial score (nSPS) is 10.6. The third-order valence-electron chi connectivity index (χ3n) is 3.53. The Morgan fingerprint density at radius 1 is 1.00 bits per heavy atom. The highest BCUT2D eigenvalue weighted by Gasteiger charge is 2.20. The van der Waals surface area contributed by atoms with Gasteiger partial charge in [0, 0.05) is 18.1 Å². The van der Waals surface area contributed by atoms with Crippen LogP contribution in [0.5, 0.6) is 0 Å². The molecule has 144 valence electrons. The van der Waals surface area contributed by atoms with Crippen LogP contribution >= 0.6 is 46.4 Å². The molecule has 3 aromatic rings. The van der Waals surface area contributed by atoms with Gasteiger partial charge in [0.25, 0.3) is 5.91 Å². The maximum atomic E-state index is 12.2. The molecule has 0 saturated carbocycles. The number of hydrogen-bond donors (Lipinski definition) is 2. The lowest BCUT2D eigenvalue weighted by atomic mass is 10.3. The Bertz CT molecular complexity index is 1020. The molecule has 3 rings (SSSR count). The number of carbonyl (C=O) groups is 2. The molecule has 2 N–H and O–H groups in total. The Labute approximate surface area is 179 Å². The fourth-order valence-corrected chi connectivity index (χ4v) is 3.02. The van der Waals surface area contributed by atoms with Crippen molar-refractivity contribution >= 4 is 63.9 Å². The zero-order valence-electron chi connectivity index (χ0n) is 13.9. The van der Waals surface area contributed by atoms with Crippen LogP contribution in [0.15, 0.2) is 42.7 Å². The topological polar surface area (TPSA) is 88.9 Å². The average Bonchev–Trinajstić information content (AvgIpc) is 3.22. The van der Waals surface area contributed by atoms with Crippen LogP contribution < -0.4 is 10.6 Å². The monoisotopic (exact) mass is 457 g/mol. The Kier molecular flexibility index (Phi) is 6.41. The number of anilines is 1. The molecule has 0 atom stereocenters. The van der Waals surface area contributed by atoms with Crippen molar-refractivity contribution in [3.8, 4) is 5.69 Å². The molecule has 0 spiro atoms. The second kappa shape index (κ2) is 8.79. The Hall–Kier alpha value is -2.32. The molecule has 11 heteroatoms. The van der Waals surface area contributed by atoms with Gasteiger partial charge >= 0.3 is 0 Å². The van der Waals surface area contributed by atoms with Gasteiger partial charge in [0.1, 0.15) is 10.8 Å². The van der Waals surface area contributed by atoms with E-state index >= 15 is 0 Å². The molecule has 0 aliphatic carbocycles. The molecule has 0 aliphatic rings. The summed E-state index contributed by atoms with van der Waals surface area (Å²) < 4.78 is 1.69. The lowest BCUT2D eigenvalue weighted by Gasteiger charge is -2.10. The first-order valence-corrected chi connectivity index (χ1v) is 9.26. The highest BCUT2D eigenvalue weighted by Crippen LogP contribution is 2.35. The Morgan fingerprint density at radius 2 is 1.71 bits per heavy atom. The number of pyridine rings is 1. The van der Waals surface area contributed by atoms with Gasteiger partial charge in [0.2, 0.25) is 5.91 Å². The standard InChI is InChI=1S/C17H11Cl4N5O2/c18-12-13(19)15(25-16(21)14(12)20)17(28)22-8-11(27)24-9-2-4-10(5-3-9)26-7-1-6-23-26/h1-7H,8H2,(H,22,28)(H,24,27). The second-order valence-corrected chi connectivity index (χ2v) is 6.91. The van der Waals surface area contributed by atoms with E-state index in [4.69, 9.17) is 46.4 Å². The minimum absolute atomic E-state index is 0.0545. The summed E-state index contributed by atoms with van der Waals surface area (Å²) in [5.74, 6) is -1.16. The number of benzene rings is 1. The zero-order valence-corrected chi connectivity index (χ0v) is 16.9. The van der Waals surface area contributed by atoms with E-state index in [9.17, 15) is 9.59 Å². The van der Waals surface area contributed by atoms with Gasteiger partial charge in [-0.05, 0) is 30.3 Å². The molecule has 28 heavy (non-hydrogen) atoms. The SMILES string of the molecule is O=C(CNC(=O)c1nc(Cl)c(Cl)c(Cl)c1Cl)Nc1ccc(-n2cccn2)cc1. The number of hydrogen-bond acceptors (Lipinski definition) is 4. The van der Waals surface area contributed by atoms with Crippen LogP contribution in [0, 0.1) is 0 Å². The summed E-state index contributed by atoms with van der Waals surface area (Å²) in [7, 11) is 0. The van der Waals surface area contributed by atoms with E-state index in [1.807, 2.05) is 0 Å². The molecular weight excluding hydrogens is 448 g/mol. The van der Waals surface area contributed by atoms with E-state index in [2.05, 4.69) is 20.7 Å². The number of carbonyl (C=O) groups excluding carboxylic acids is 2. The van der Waals surface area contributed by atoms with Gasteiger partial charge in [-0.25, -0.2) is 9.67 Å². The first-order chi connectivity index (χ1) is 13.4. The van der Waals surface area contributed by atoms with Crippen LogP contribution in [-0.4, -0.2) is 33.1 Å². The molecule has 0 aliphatic heterocycles. The zero-order chi connectivity index (χ0) is 20.3. The van der Waals surface area contributed by atoms with E-state index in [1.54, 1.807) is 47.4 Å². The smallest absolute Gasteiger partial charge is 0.271 e. The van der Waals surface area contributed by atoms with Gasteiger partial charge in [-0.15, -0.1) is 0 Å². The van der Waals surface area contributed by atoms with Crippen molar-refractivity contribution in [2.45, 2.75) is 0 Å². The maximum Gasteiger partial charge on any atom is 0.271 e. The van der Waals surface area contributed by atoms with Crippen LogP contribution in [0.3, 0.4) is 0 Å². The first-order valence-electron chi connectivity index (χ1n) is 7.75. The quantitative estimate of drug-likeness (QED) is 0.559. The summed E-state index contributed by atoms with van der Waals surface area (Å²) in [6.45, 7) is -0.310. The number of amides is 2. The van der Waals surface area contributed by atoms with E-state index in [0.717, 1.165) is 5.69 Å². The molecule has 0 unspecified atom stereocenters. The number of halogens is 4. The minimum atomic E-state index is -0.713. The number of aromatic nitrogens is 3. The van der Waals surface area contributed by atoms with Crippen molar-refractivity contribution in [1.82, 2.24) is 20.1 Å². The second-order valence-electron chi connectivity index (χ2n) is 5.42. The summed E-state index contributed by atoms with van der Waals surface area (Å²) >= 11 is 23.5. The molecule has 0 saturated heterocycles. The van der Waals surface area contributed by atoms with Gasteiger partial charge < -0.3 is 10.6 Å². The van der Waals surface area contributed by atoms with Crippen LogP contribution in [0.4, 0.5) is 5.69 Å². The molecule has 2 heterocycles. The molecule has 0 fully saturated rings. The van der Waals surface area contributed by atoms with Crippen molar-refractivity contribution in [2.24, 2.45) is 0 Å². The van der Waals surface area contributed by atoms with Crippen LogP contribution in [0.1, 0.15) is 10.5 Å². The highest BCUT2D eigenvalue weighted by atomic mass is 35.5. The van der Waals surface area contributed by atoms with Crippen LogP contribution in [0.2, 0.25) is 20.2 Å². The van der Waals surface area contributed by atoms with Crippen molar-refractivity contribution in [2.75, 3.05) is 11.9 Å². The molecule has 2 aromatic heterocycles. The molecule has 7 nitrogen and oxygen atoms in total. The highest BCUT2D eigenvalue weighted by molar-refractivity contribution is 6.52. The lowest BCUT2D eigenvalue weighted by Crippen LogP contribution is -2.33. The van der Waals surface area contributed by atoms with Gasteiger partial charge in [0.05, 0.1) is 27.3 Å². The third-order valence-corrected chi connectivity index (χ3v) is 5.21. The molecule has 1 aromatic carbocycles. The van der Waals surface area contributed by atoms with E-state index in [1.165, 1.54) is 0 Å². The summed E-state index contributed by atoms with van der Waals surface area (Å²) in [6, 6.07) is 8.83. The summed E-state index contributed by atoms with van der Waals surface area (Å²) in [5, 5.41) is 8.71. The Morgan fingerprint density at radius 3 is 2.36 bits per heavy atom. The van der Waals surface area contributed by atoms with Crippen molar-refractivity contribution < 1.29 is 9.59 Å². The van der Waals surface area contributed by atoms with Gasteiger partial charge in [0.15, 0.2) is 0 Å². The average molecular weight is 459 g/mol. The number of nitrogens with zero attached hydrogens (tertiary/aromatic N) is 3. The maximum absolute atomic E-state index is 12.2. The van der Waals surface area contributed by atoms with Crippen LogP contribution in [-0.2, 0) is 4.79 Å². The molecular formula is C17H11Cl4N5O2. The summed E-state index contributed by atoms with van der Waals surface area (Å²) in [4.78, 5) is 28.1. The van der Waals surface area contributed by atoms with Crippen molar-refractivity contribution in [1.29, 1.82) is 0 Å². The fourth-order valence-electron chi connectivity index (χ4n) is 2.21. The van der Waals surface area contributed by atoms with Gasteiger partial charge in [-0.3, -0.25) is 9.59 Å². The van der Waals surface area contributed by atoms with Gasteiger partial charge in [-0.2, -0.15) is 5.10 Å².